The second-order valence-electron chi connectivity index (χ2n) is 6.65. The van der Waals surface area contributed by atoms with Crippen LogP contribution in [0, 0.1) is 11.8 Å². The molecule has 1 amide bonds. The molecule has 1 saturated heterocycles. The first-order valence-corrected chi connectivity index (χ1v) is 8.69. The molecule has 1 N–H and O–H groups in total. The number of amides is 1. The number of likely N-dealkylation sites (tertiary alicyclic amines) is 1. The van der Waals surface area contributed by atoms with Crippen LogP contribution in [0.1, 0.15) is 58.3 Å². The van der Waals surface area contributed by atoms with Crippen molar-refractivity contribution >= 4 is 11.7 Å². The molecule has 2 rings (SSSR count). The lowest BCUT2D eigenvalue weighted by molar-refractivity contribution is -0.134. The maximum absolute atomic E-state index is 12.3. The second-order valence-corrected chi connectivity index (χ2v) is 6.65. The molecule has 0 aromatic rings. The summed E-state index contributed by atoms with van der Waals surface area (Å²) in [5, 5.41) is 3.06. The van der Waals surface area contributed by atoms with Crippen molar-refractivity contribution < 1.29 is 9.59 Å². The number of piperidine rings is 1. The van der Waals surface area contributed by atoms with Crippen LogP contribution >= 0.6 is 0 Å². The van der Waals surface area contributed by atoms with Crippen LogP contribution in [0.25, 0.3) is 0 Å². The highest BCUT2D eigenvalue weighted by molar-refractivity contribution is 5.87. The van der Waals surface area contributed by atoms with Crippen LogP contribution in [-0.4, -0.2) is 42.8 Å². The minimum absolute atomic E-state index is 0.0409. The van der Waals surface area contributed by atoms with Crippen LogP contribution in [0.4, 0.5) is 0 Å². The largest absolute Gasteiger partial charge is 0.356 e. The monoisotopic (exact) mass is 294 g/mol. The molecule has 21 heavy (non-hydrogen) atoms. The molecule has 4 heteroatoms. The molecule has 0 spiro atoms. The quantitative estimate of drug-likeness (QED) is 0.765. The molecular weight excluding hydrogens is 264 g/mol. The zero-order valence-electron chi connectivity index (χ0n) is 13.4. The van der Waals surface area contributed by atoms with Gasteiger partial charge in [0.2, 0.25) is 5.91 Å². The third-order valence-electron chi connectivity index (χ3n) is 5.02. The fourth-order valence-electron chi connectivity index (χ4n) is 3.76. The Kier molecular flexibility index (Phi) is 6.68. The van der Waals surface area contributed by atoms with E-state index in [1.165, 1.54) is 32.4 Å². The molecule has 2 fully saturated rings. The lowest BCUT2D eigenvalue weighted by Crippen LogP contribution is -2.40. The summed E-state index contributed by atoms with van der Waals surface area (Å²) in [5.74, 6) is 0.170. The van der Waals surface area contributed by atoms with Gasteiger partial charge in [0.05, 0.1) is 0 Å². The summed E-state index contributed by atoms with van der Waals surface area (Å²) in [6.07, 6.45) is 8.94. The van der Waals surface area contributed by atoms with Gasteiger partial charge in [0.25, 0.3) is 0 Å². The molecule has 1 aliphatic carbocycles. The zero-order chi connectivity index (χ0) is 15.1. The fourth-order valence-corrected chi connectivity index (χ4v) is 3.76. The topological polar surface area (TPSA) is 49.4 Å². The predicted octanol–water partition coefficient (Wildman–Crippen LogP) is 2.37. The first-order chi connectivity index (χ1) is 10.2. The van der Waals surface area contributed by atoms with Crippen molar-refractivity contribution in [3.05, 3.63) is 0 Å². The molecule has 0 radical (unpaired) electrons. The van der Waals surface area contributed by atoms with Crippen LogP contribution in [0.5, 0.6) is 0 Å². The first-order valence-electron chi connectivity index (χ1n) is 8.69. The molecule has 2 atom stereocenters. The summed E-state index contributed by atoms with van der Waals surface area (Å²) < 4.78 is 0. The van der Waals surface area contributed by atoms with Gasteiger partial charge >= 0.3 is 0 Å². The number of carbonyl (C=O) groups is 2. The highest BCUT2D eigenvalue weighted by Crippen LogP contribution is 2.30. The van der Waals surface area contributed by atoms with Crippen LogP contribution in [0.15, 0.2) is 0 Å². The normalized spacial score (nSPS) is 27.3. The molecule has 0 aromatic heterocycles. The van der Waals surface area contributed by atoms with E-state index in [0.717, 1.165) is 45.2 Å². The summed E-state index contributed by atoms with van der Waals surface area (Å²) in [7, 11) is 0. The van der Waals surface area contributed by atoms with E-state index in [1.54, 1.807) is 6.92 Å². The molecule has 1 saturated carbocycles. The van der Waals surface area contributed by atoms with Gasteiger partial charge in [0.1, 0.15) is 5.78 Å². The van der Waals surface area contributed by atoms with E-state index in [9.17, 15) is 9.59 Å². The summed E-state index contributed by atoms with van der Waals surface area (Å²) in [6, 6.07) is 0. The lowest BCUT2D eigenvalue weighted by Gasteiger charge is -2.29. The Balaban J connectivity index is 1.67. The number of rotatable bonds is 6. The van der Waals surface area contributed by atoms with E-state index < -0.39 is 0 Å². The third-order valence-corrected chi connectivity index (χ3v) is 5.02. The molecule has 2 unspecified atom stereocenters. The molecule has 1 aliphatic heterocycles. The molecule has 0 aromatic carbocycles. The number of nitrogens with one attached hydrogen (secondary N) is 1. The van der Waals surface area contributed by atoms with Gasteiger partial charge in [-0.25, -0.2) is 0 Å². The Morgan fingerprint density at radius 1 is 1.00 bits per heavy atom. The first kappa shape index (κ1) is 16.5. The van der Waals surface area contributed by atoms with Crippen molar-refractivity contribution in [2.75, 3.05) is 26.2 Å². The maximum Gasteiger partial charge on any atom is 0.223 e. The van der Waals surface area contributed by atoms with E-state index in [4.69, 9.17) is 0 Å². The average Bonchev–Trinajstić information content (AvgIpc) is 2.52. The Bertz CT molecular complexity index is 351. The van der Waals surface area contributed by atoms with Gasteiger partial charge in [-0.05, 0) is 58.7 Å². The molecule has 2 aliphatic rings. The van der Waals surface area contributed by atoms with E-state index in [0.29, 0.717) is 0 Å². The van der Waals surface area contributed by atoms with Crippen LogP contribution < -0.4 is 5.32 Å². The minimum atomic E-state index is -0.0776. The standard InChI is InChI=1S/C17H30N2O2/c1-14(20)15-8-3-4-9-16(15)17(21)18-10-7-13-19-11-5-2-6-12-19/h15-16H,2-13H2,1H3,(H,18,21). The van der Waals surface area contributed by atoms with Crippen molar-refractivity contribution in [1.29, 1.82) is 0 Å². The van der Waals surface area contributed by atoms with Crippen molar-refractivity contribution in [2.24, 2.45) is 11.8 Å². The van der Waals surface area contributed by atoms with E-state index in [-0.39, 0.29) is 23.5 Å². The van der Waals surface area contributed by atoms with Crippen molar-refractivity contribution in [1.82, 2.24) is 10.2 Å². The van der Waals surface area contributed by atoms with Crippen molar-refractivity contribution in [2.45, 2.75) is 58.3 Å². The minimum Gasteiger partial charge on any atom is -0.356 e. The van der Waals surface area contributed by atoms with E-state index >= 15 is 0 Å². The van der Waals surface area contributed by atoms with E-state index in [1.807, 2.05) is 0 Å². The molecule has 4 nitrogen and oxygen atoms in total. The molecular formula is C17H30N2O2. The number of Topliss-reactive ketones (excluding diaryl/α,β-unsaturated/α-hetero) is 1. The molecule has 0 bridgehead atoms. The van der Waals surface area contributed by atoms with Crippen LogP contribution in [-0.2, 0) is 9.59 Å². The van der Waals surface area contributed by atoms with E-state index in [2.05, 4.69) is 10.2 Å². The smallest absolute Gasteiger partial charge is 0.223 e. The summed E-state index contributed by atoms with van der Waals surface area (Å²) in [6.45, 7) is 5.89. The summed E-state index contributed by atoms with van der Waals surface area (Å²) >= 11 is 0. The predicted molar refractivity (Wildman–Crippen MR) is 84.0 cm³/mol. The van der Waals surface area contributed by atoms with Crippen LogP contribution in [0.2, 0.25) is 0 Å². The SMILES string of the molecule is CC(=O)C1CCCCC1C(=O)NCCCN1CCCCC1. The number of hydrogen-bond acceptors (Lipinski definition) is 3. The number of carbonyl (C=O) groups excluding carboxylic acids is 2. The van der Waals surface area contributed by atoms with Gasteiger partial charge in [0, 0.05) is 18.4 Å². The highest BCUT2D eigenvalue weighted by atomic mass is 16.2. The van der Waals surface area contributed by atoms with Gasteiger partial charge < -0.3 is 10.2 Å². The maximum atomic E-state index is 12.3. The number of ketones is 1. The Morgan fingerprint density at radius 2 is 1.67 bits per heavy atom. The van der Waals surface area contributed by atoms with Gasteiger partial charge in [-0.2, -0.15) is 0 Å². The van der Waals surface area contributed by atoms with Crippen LogP contribution in [0.3, 0.4) is 0 Å². The Hall–Kier alpha value is -0.900. The number of nitrogens with zero attached hydrogens (tertiary/aromatic N) is 1. The third kappa shape index (κ3) is 5.10. The van der Waals surface area contributed by atoms with Crippen molar-refractivity contribution in [3.8, 4) is 0 Å². The Labute approximate surface area is 128 Å². The molecule has 1 heterocycles. The molecule has 120 valence electrons. The second kappa shape index (κ2) is 8.52. The number of hydrogen-bond donors (Lipinski definition) is 1. The average molecular weight is 294 g/mol. The van der Waals surface area contributed by atoms with Gasteiger partial charge in [-0.15, -0.1) is 0 Å². The van der Waals surface area contributed by atoms with Gasteiger partial charge in [-0.3, -0.25) is 9.59 Å². The Morgan fingerprint density at radius 3 is 2.33 bits per heavy atom. The van der Waals surface area contributed by atoms with Gasteiger partial charge in [-0.1, -0.05) is 19.3 Å². The lowest BCUT2D eigenvalue weighted by atomic mass is 9.77. The zero-order valence-corrected chi connectivity index (χ0v) is 13.4. The fraction of sp³-hybridized carbons (Fsp3) is 0.882. The van der Waals surface area contributed by atoms with Gasteiger partial charge in [0.15, 0.2) is 0 Å². The summed E-state index contributed by atoms with van der Waals surface area (Å²) in [4.78, 5) is 26.4. The van der Waals surface area contributed by atoms with Crippen molar-refractivity contribution in [3.63, 3.8) is 0 Å². The summed E-state index contributed by atoms with van der Waals surface area (Å²) in [5.41, 5.74) is 0. The highest BCUT2D eigenvalue weighted by Gasteiger charge is 2.33.